The maximum Gasteiger partial charge on any atom is 0.191 e. The Bertz CT molecular complexity index is 410. The lowest BCUT2D eigenvalue weighted by atomic mass is 10.1. The number of halogens is 1. The lowest BCUT2D eigenvalue weighted by molar-refractivity contribution is 0.502. The number of guanidine groups is 1. The van der Waals surface area contributed by atoms with Crippen molar-refractivity contribution in [1.29, 1.82) is 0 Å². The zero-order valence-corrected chi connectivity index (χ0v) is 16.1. The summed E-state index contributed by atoms with van der Waals surface area (Å²) in [6.45, 7) is 9.38. The Morgan fingerprint density at radius 1 is 1.20 bits per heavy atom. The second kappa shape index (κ2) is 9.50. The minimum Gasteiger partial charge on any atom is -0.356 e. The SMILES string of the molecule is CN=C(NCCSc1ccc(C)cc1)NC(C)(C)C.I. The molecule has 114 valence electrons. The van der Waals surface area contributed by atoms with E-state index in [1.165, 1.54) is 10.5 Å². The van der Waals surface area contributed by atoms with Crippen LogP contribution in [0.1, 0.15) is 26.3 Å². The fraction of sp³-hybridized carbons (Fsp3) is 0.533. The average Bonchev–Trinajstić information content (AvgIpc) is 2.34. The van der Waals surface area contributed by atoms with Gasteiger partial charge in [0.1, 0.15) is 0 Å². The fourth-order valence-electron chi connectivity index (χ4n) is 1.51. The summed E-state index contributed by atoms with van der Waals surface area (Å²) in [5.74, 6) is 1.88. The van der Waals surface area contributed by atoms with Crippen LogP contribution in [0.2, 0.25) is 0 Å². The Morgan fingerprint density at radius 3 is 2.30 bits per heavy atom. The summed E-state index contributed by atoms with van der Waals surface area (Å²) in [5.41, 5.74) is 1.34. The van der Waals surface area contributed by atoms with Gasteiger partial charge in [0.05, 0.1) is 0 Å². The third-order valence-corrected chi connectivity index (χ3v) is 3.41. The fourth-order valence-corrected chi connectivity index (χ4v) is 2.28. The second-order valence-corrected chi connectivity index (χ2v) is 6.70. The van der Waals surface area contributed by atoms with Gasteiger partial charge in [0, 0.05) is 29.8 Å². The Labute approximate surface area is 144 Å². The van der Waals surface area contributed by atoms with E-state index in [1.54, 1.807) is 7.05 Å². The third kappa shape index (κ3) is 8.68. The van der Waals surface area contributed by atoms with Crippen LogP contribution in [0, 0.1) is 6.92 Å². The Kier molecular flexibility index (Phi) is 9.29. The zero-order chi connectivity index (χ0) is 14.3. The van der Waals surface area contributed by atoms with Gasteiger partial charge in [0.25, 0.3) is 0 Å². The highest BCUT2D eigenvalue weighted by Gasteiger charge is 2.11. The van der Waals surface area contributed by atoms with Gasteiger partial charge in [-0.15, -0.1) is 35.7 Å². The lowest BCUT2D eigenvalue weighted by Crippen LogP contribution is -2.48. The first kappa shape index (κ1) is 19.6. The summed E-state index contributed by atoms with van der Waals surface area (Å²) in [5, 5.41) is 6.67. The highest BCUT2D eigenvalue weighted by atomic mass is 127. The van der Waals surface area contributed by atoms with Crippen molar-refractivity contribution in [3.8, 4) is 0 Å². The molecule has 0 saturated heterocycles. The lowest BCUT2D eigenvalue weighted by Gasteiger charge is -2.23. The van der Waals surface area contributed by atoms with E-state index in [4.69, 9.17) is 0 Å². The van der Waals surface area contributed by atoms with Crippen molar-refractivity contribution < 1.29 is 0 Å². The molecular weight excluding hydrogens is 381 g/mol. The molecule has 0 radical (unpaired) electrons. The summed E-state index contributed by atoms with van der Waals surface area (Å²) in [6, 6.07) is 8.64. The molecule has 0 saturated carbocycles. The van der Waals surface area contributed by atoms with Crippen molar-refractivity contribution in [3.63, 3.8) is 0 Å². The van der Waals surface area contributed by atoms with Crippen LogP contribution in [0.25, 0.3) is 0 Å². The normalized spacial score (nSPS) is 11.8. The predicted molar refractivity (Wildman–Crippen MR) is 102 cm³/mol. The van der Waals surface area contributed by atoms with Crippen LogP contribution < -0.4 is 10.6 Å². The molecule has 1 aromatic carbocycles. The van der Waals surface area contributed by atoms with Crippen molar-refractivity contribution in [1.82, 2.24) is 10.6 Å². The van der Waals surface area contributed by atoms with Crippen LogP contribution in [-0.4, -0.2) is 30.8 Å². The van der Waals surface area contributed by atoms with Gasteiger partial charge in [0.2, 0.25) is 0 Å². The minimum absolute atomic E-state index is 0. The molecule has 20 heavy (non-hydrogen) atoms. The highest BCUT2D eigenvalue weighted by molar-refractivity contribution is 14.0. The molecule has 0 fully saturated rings. The van der Waals surface area contributed by atoms with E-state index in [0.29, 0.717) is 0 Å². The molecule has 3 nitrogen and oxygen atoms in total. The Balaban J connectivity index is 0.00000361. The maximum absolute atomic E-state index is 4.21. The molecule has 0 heterocycles. The summed E-state index contributed by atoms with van der Waals surface area (Å²) in [4.78, 5) is 5.53. The van der Waals surface area contributed by atoms with Crippen LogP contribution >= 0.6 is 35.7 Å². The number of rotatable bonds is 4. The highest BCUT2D eigenvalue weighted by Crippen LogP contribution is 2.17. The molecule has 0 aliphatic rings. The number of nitrogens with zero attached hydrogens (tertiary/aromatic N) is 1. The third-order valence-electron chi connectivity index (χ3n) is 2.40. The number of nitrogens with one attached hydrogen (secondary N) is 2. The first-order valence-corrected chi connectivity index (χ1v) is 7.57. The quantitative estimate of drug-likeness (QED) is 0.263. The largest absolute Gasteiger partial charge is 0.356 e. The molecule has 0 aliphatic heterocycles. The Hall–Kier alpha value is -0.430. The smallest absolute Gasteiger partial charge is 0.191 e. The molecule has 0 atom stereocenters. The number of thioether (sulfide) groups is 1. The summed E-state index contributed by atoms with van der Waals surface area (Å²) in [7, 11) is 1.80. The number of hydrogen-bond donors (Lipinski definition) is 2. The number of benzene rings is 1. The Morgan fingerprint density at radius 2 is 1.80 bits per heavy atom. The molecule has 1 rings (SSSR count). The van der Waals surface area contributed by atoms with E-state index in [2.05, 4.69) is 67.6 Å². The van der Waals surface area contributed by atoms with Crippen LogP contribution in [0.4, 0.5) is 0 Å². The molecule has 0 aliphatic carbocycles. The van der Waals surface area contributed by atoms with Gasteiger partial charge in [-0.1, -0.05) is 17.7 Å². The van der Waals surface area contributed by atoms with E-state index in [-0.39, 0.29) is 29.5 Å². The van der Waals surface area contributed by atoms with Crippen LogP contribution in [0.3, 0.4) is 0 Å². The summed E-state index contributed by atoms with van der Waals surface area (Å²) < 4.78 is 0. The monoisotopic (exact) mass is 407 g/mol. The molecule has 5 heteroatoms. The van der Waals surface area contributed by atoms with E-state index < -0.39 is 0 Å². The summed E-state index contributed by atoms with van der Waals surface area (Å²) >= 11 is 1.85. The van der Waals surface area contributed by atoms with Crippen molar-refractivity contribution >= 4 is 41.7 Å². The van der Waals surface area contributed by atoms with Crippen molar-refractivity contribution in [2.75, 3.05) is 19.3 Å². The minimum atomic E-state index is 0. The van der Waals surface area contributed by atoms with E-state index in [0.717, 1.165) is 18.3 Å². The van der Waals surface area contributed by atoms with Crippen LogP contribution in [0.15, 0.2) is 34.2 Å². The van der Waals surface area contributed by atoms with Gasteiger partial charge in [0.15, 0.2) is 5.96 Å². The zero-order valence-electron chi connectivity index (χ0n) is 13.0. The number of hydrogen-bond acceptors (Lipinski definition) is 2. The molecule has 0 bridgehead atoms. The van der Waals surface area contributed by atoms with Gasteiger partial charge in [-0.05, 0) is 39.8 Å². The van der Waals surface area contributed by atoms with Gasteiger partial charge in [-0.3, -0.25) is 4.99 Å². The molecule has 2 N–H and O–H groups in total. The first-order chi connectivity index (χ1) is 8.90. The van der Waals surface area contributed by atoms with Crippen molar-refractivity contribution in [2.24, 2.45) is 4.99 Å². The molecular formula is C15H26IN3S. The standard InChI is InChI=1S/C15H25N3S.HI/c1-12-6-8-13(9-7-12)19-11-10-17-14(16-5)18-15(2,3)4;/h6-9H,10-11H2,1-5H3,(H2,16,17,18);1H. The summed E-state index contributed by atoms with van der Waals surface area (Å²) in [6.07, 6.45) is 0. The van der Waals surface area contributed by atoms with Gasteiger partial charge in [-0.25, -0.2) is 0 Å². The average molecular weight is 407 g/mol. The van der Waals surface area contributed by atoms with Gasteiger partial charge >= 0.3 is 0 Å². The molecule has 1 aromatic rings. The molecule has 0 aromatic heterocycles. The van der Waals surface area contributed by atoms with Crippen LogP contribution in [0.5, 0.6) is 0 Å². The van der Waals surface area contributed by atoms with Crippen molar-refractivity contribution in [2.45, 2.75) is 38.1 Å². The number of aryl methyl sites for hydroxylation is 1. The first-order valence-electron chi connectivity index (χ1n) is 6.59. The molecule has 0 unspecified atom stereocenters. The van der Waals surface area contributed by atoms with E-state index >= 15 is 0 Å². The number of aliphatic imine (C=N–C) groups is 1. The maximum atomic E-state index is 4.21. The second-order valence-electron chi connectivity index (χ2n) is 5.54. The van der Waals surface area contributed by atoms with Gasteiger partial charge < -0.3 is 10.6 Å². The molecule has 0 amide bonds. The molecule has 0 spiro atoms. The van der Waals surface area contributed by atoms with Crippen LogP contribution in [-0.2, 0) is 0 Å². The topological polar surface area (TPSA) is 36.4 Å². The predicted octanol–water partition coefficient (Wildman–Crippen LogP) is 3.67. The van der Waals surface area contributed by atoms with Crippen molar-refractivity contribution in [3.05, 3.63) is 29.8 Å². The van der Waals surface area contributed by atoms with E-state index in [1.807, 2.05) is 11.8 Å². The van der Waals surface area contributed by atoms with Gasteiger partial charge in [-0.2, -0.15) is 0 Å². The van der Waals surface area contributed by atoms with E-state index in [9.17, 15) is 0 Å².